The van der Waals surface area contributed by atoms with Crippen molar-refractivity contribution < 1.29 is 5.11 Å². The van der Waals surface area contributed by atoms with Gasteiger partial charge in [0.15, 0.2) is 5.13 Å². The molecular formula is C14H20ClN3OS. The molecule has 110 valence electrons. The number of hydrogen-bond donors (Lipinski definition) is 2. The van der Waals surface area contributed by atoms with Crippen LogP contribution in [0.1, 0.15) is 17.4 Å². The number of likely N-dealkylation sites (N-methyl/N-ethyl adjacent to an activating group) is 1. The van der Waals surface area contributed by atoms with Gasteiger partial charge in [0.25, 0.3) is 0 Å². The van der Waals surface area contributed by atoms with Crippen LogP contribution in [-0.4, -0.2) is 28.1 Å². The van der Waals surface area contributed by atoms with E-state index in [0.29, 0.717) is 16.9 Å². The van der Waals surface area contributed by atoms with Crippen LogP contribution in [0, 0.1) is 0 Å². The summed E-state index contributed by atoms with van der Waals surface area (Å²) >= 11 is 1.53. The van der Waals surface area contributed by atoms with Crippen molar-refractivity contribution in [1.82, 2.24) is 9.88 Å². The van der Waals surface area contributed by atoms with Gasteiger partial charge in [0.05, 0.1) is 0 Å². The molecule has 0 spiro atoms. The lowest BCUT2D eigenvalue weighted by Crippen LogP contribution is -2.30. The number of thiazole rings is 1. The van der Waals surface area contributed by atoms with Gasteiger partial charge in [-0.1, -0.05) is 12.1 Å². The molecule has 2 aromatic rings. The number of nitrogens with zero attached hydrogens (tertiary/aromatic N) is 2. The van der Waals surface area contributed by atoms with Gasteiger partial charge in [0.2, 0.25) is 0 Å². The Balaban J connectivity index is 0.00000200. The Bertz CT molecular complexity index is 529. The first-order chi connectivity index (χ1) is 9.04. The number of rotatable bonds is 5. The van der Waals surface area contributed by atoms with Gasteiger partial charge < -0.3 is 10.8 Å². The number of phenols is 1. The van der Waals surface area contributed by atoms with Gasteiger partial charge in [-0.25, -0.2) is 4.98 Å². The second-order valence-electron chi connectivity index (χ2n) is 4.80. The summed E-state index contributed by atoms with van der Waals surface area (Å²) in [6.07, 6.45) is 2.79. The van der Waals surface area contributed by atoms with E-state index in [-0.39, 0.29) is 12.4 Å². The average molecular weight is 314 g/mol. The standard InChI is InChI=1S/C14H19N3OS.ClH/c1-10(7-11-3-5-12(18)6-4-11)17(2)9-13-8-16-14(15)19-13;/h3-6,8,10,18H,7,9H2,1-2H3,(H2,15,16);1H. The number of hydrogen-bond acceptors (Lipinski definition) is 5. The number of anilines is 1. The smallest absolute Gasteiger partial charge is 0.180 e. The molecule has 0 saturated heterocycles. The third-order valence-corrected chi connectivity index (χ3v) is 4.01. The first-order valence-corrected chi connectivity index (χ1v) is 7.04. The second kappa shape index (κ2) is 7.47. The molecule has 0 radical (unpaired) electrons. The third kappa shape index (κ3) is 4.67. The Morgan fingerprint density at radius 1 is 1.35 bits per heavy atom. The highest BCUT2D eigenvalue weighted by atomic mass is 35.5. The Morgan fingerprint density at radius 3 is 2.55 bits per heavy atom. The molecule has 0 aliphatic heterocycles. The molecule has 4 nitrogen and oxygen atoms in total. The van der Waals surface area contributed by atoms with Crippen molar-refractivity contribution in [3.05, 3.63) is 40.9 Å². The number of benzene rings is 1. The van der Waals surface area contributed by atoms with E-state index in [4.69, 9.17) is 5.73 Å². The maximum absolute atomic E-state index is 9.27. The number of nitrogen functional groups attached to an aromatic ring is 1. The Labute approximate surface area is 129 Å². The van der Waals surface area contributed by atoms with Crippen LogP contribution in [-0.2, 0) is 13.0 Å². The minimum absolute atomic E-state index is 0. The van der Waals surface area contributed by atoms with Crippen LogP contribution in [0.4, 0.5) is 5.13 Å². The fourth-order valence-corrected chi connectivity index (χ4v) is 2.67. The van der Waals surface area contributed by atoms with Gasteiger partial charge in [-0.3, -0.25) is 4.90 Å². The van der Waals surface area contributed by atoms with Crippen molar-refractivity contribution in [2.24, 2.45) is 0 Å². The maximum atomic E-state index is 9.27. The molecule has 0 fully saturated rings. The molecule has 0 amide bonds. The van der Waals surface area contributed by atoms with Gasteiger partial charge in [0, 0.05) is 23.7 Å². The summed E-state index contributed by atoms with van der Waals surface area (Å²) in [4.78, 5) is 7.52. The van der Waals surface area contributed by atoms with E-state index in [1.54, 1.807) is 12.1 Å². The van der Waals surface area contributed by atoms with Gasteiger partial charge in [-0.15, -0.1) is 23.7 Å². The van der Waals surface area contributed by atoms with Gasteiger partial charge in [-0.05, 0) is 38.1 Å². The monoisotopic (exact) mass is 313 g/mol. The fraction of sp³-hybridized carbons (Fsp3) is 0.357. The van der Waals surface area contributed by atoms with Crippen LogP contribution >= 0.6 is 23.7 Å². The Hall–Kier alpha value is -1.30. The van der Waals surface area contributed by atoms with Crippen LogP contribution < -0.4 is 5.73 Å². The lowest BCUT2D eigenvalue weighted by Gasteiger charge is -2.24. The number of halogens is 1. The van der Waals surface area contributed by atoms with E-state index in [0.717, 1.165) is 13.0 Å². The van der Waals surface area contributed by atoms with Crippen LogP contribution in [0.3, 0.4) is 0 Å². The summed E-state index contributed by atoms with van der Waals surface area (Å²) in [6, 6.07) is 7.79. The Morgan fingerprint density at radius 2 is 2.00 bits per heavy atom. The number of phenolic OH excluding ortho intramolecular Hbond substituents is 1. The van der Waals surface area contributed by atoms with Crippen LogP contribution in [0.15, 0.2) is 30.5 Å². The summed E-state index contributed by atoms with van der Waals surface area (Å²) in [6.45, 7) is 3.05. The van der Waals surface area contributed by atoms with Crippen molar-refractivity contribution in [3.8, 4) is 5.75 Å². The molecule has 6 heteroatoms. The van der Waals surface area contributed by atoms with Gasteiger partial charge >= 0.3 is 0 Å². The molecule has 1 aromatic carbocycles. The van der Waals surface area contributed by atoms with Crippen LogP contribution in [0.5, 0.6) is 5.75 Å². The normalized spacial score (nSPS) is 12.2. The zero-order chi connectivity index (χ0) is 13.8. The highest BCUT2D eigenvalue weighted by molar-refractivity contribution is 7.15. The molecule has 1 aromatic heterocycles. The number of nitrogens with two attached hydrogens (primary N) is 1. The molecule has 0 aliphatic carbocycles. The first kappa shape index (κ1) is 16.8. The topological polar surface area (TPSA) is 62.4 Å². The number of aromatic hydroxyl groups is 1. The summed E-state index contributed by atoms with van der Waals surface area (Å²) in [5, 5.41) is 9.89. The molecule has 1 heterocycles. The summed E-state index contributed by atoms with van der Waals surface area (Å²) in [5.41, 5.74) is 6.86. The van der Waals surface area contributed by atoms with E-state index < -0.39 is 0 Å². The molecule has 0 saturated carbocycles. The highest BCUT2D eigenvalue weighted by Crippen LogP contribution is 2.18. The molecule has 20 heavy (non-hydrogen) atoms. The van der Waals surface area contributed by atoms with Crippen LogP contribution in [0.25, 0.3) is 0 Å². The zero-order valence-corrected chi connectivity index (χ0v) is 13.2. The SMILES string of the molecule is CC(Cc1ccc(O)cc1)N(C)Cc1cnc(N)s1.Cl. The van der Waals surface area contributed by atoms with E-state index >= 15 is 0 Å². The van der Waals surface area contributed by atoms with Crippen molar-refractivity contribution >= 4 is 28.9 Å². The minimum Gasteiger partial charge on any atom is -0.508 e. The van der Waals surface area contributed by atoms with Crippen molar-refractivity contribution in [3.63, 3.8) is 0 Å². The maximum Gasteiger partial charge on any atom is 0.180 e. The summed E-state index contributed by atoms with van der Waals surface area (Å²) in [7, 11) is 2.10. The predicted molar refractivity (Wildman–Crippen MR) is 86.5 cm³/mol. The van der Waals surface area contributed by atoms with Crippen molar-refractivity contribution in [2.75, 3.05) is 12.8 Å². The van der Waals surface area contributed by atoms with Crippen molar-refractivity contribution in [2.45, 2.75) is 25.9 Å². The minimum atomic E-state index is 0. The van der Waals surface area contributed by atoms with Crippen molar-refractivity contribution in [1.29, 1.82) is 0 Å². The number of aromatic nitrogens is 1. The van der Waals surface area contributed by atoms with E-state index in [2.05, 4.69) is 23.9 Å². The highest BCUT2D eigenvalue weighted by Gasteiger charge is 2.12. The lowest BCUT2D eigenvalue weighted by atomic mass is 10.1. The van der Waals surface area contributed by atoms with E-state index in [1.165, 1.54) is 21.8 Å². The fourth-order valence-electron chi connectivity index (χ4n) is 1.93. The van der Waals surface area contributed by atoms with E-state index in [1.807, 2.05) is 18.3 Å². The summed E-state index contributed by atoms with van der Waals surface area (Å²) in [5.74, 6) is 0.310. The quantitative estimate of drug-likeness (QED) is 0.891. The largest absolute Gasteiger partial charge is 0.508 e. The third-order valence-electron chi connectivity index (χ3n) is 3.20. The molecular weight excluding hydrogens is 294 g/mol. The molecule has 2 rings (SSSR count). The second-order valence-corrected chi connectivity index (χ2v) is 5.95. The molecule has 0 aliphatic rings. The van der Waals surface area contributed by atoms with E-state index in [9.17, 15) is 5.11 Å². The lowest BCUT2D eigenvalue weighted by molar-refractivity contribution is 0.250. The molecule has 1 atom stereocenters. The summed E-state index contributed by atoms with van der Waals surface area (Å²) < 4.78 is 0. The van der Waals surface area contributed by atoms with Crippen LogP contribution in [0.2, 0.25) is 0 Å². The molecule has 1 unspecified atom stereocenters. The zero-order valence-electron chi connectivity index (χ0n) is 11.6. The van der Waals surface area contributed by atoms with Gasteiger partial charge in [0.1, 0.15) is 5.75 Å². The average Bonchev–Trinajstić information content (AvgIpc) is 2.77. The molecule has 3 N–H and O–H groups in total. The first-order valence-electron chi connectivity index (χ1n) is 6.23. The predicted octanol–water partition coefficient (Wildman–Crippen LogP) is 2.92. The Kier molecular flexibility index (Phi) is 6.26. The van der Waals surface area contributed by atoms with Gasteiger partial charge in [-0.2, -0.15) is 0 Å². The molecule has 0 bridgehead atoms.